The second-order valence-electron chi connectivity index (χ2n) is 11.4. The molecule has 2 aliphatic rings. The zero-order valence-electron chi connectivity index (χ0n) is 24.5. The van der Waals surface area contributed by atoms with Crippen LogP contribution in [0.15, 0.2) is 72.8 Å². The highest BCUT2D eigenvalue weighted by Crippen LogP contribution is 2.30. The Kier molecular flexibility index (Phi) is 10.9. The number of benzene rings is 3. The van der Waals surface area contributed by atoms with E-state index in [1.54, 1.807) is 23.1 Å². The van der Waals surface area contributed by atoms with Crippen molar-refractivity contribution in [2.75, 3.05) is 37.6 Å². The molecule has 7 nitrogen and oxygen atoms in total. The van der Waals surface area contributed by atoms with Gasteiger partial charge in [0, 0.05) is 18.8 Å². The fraction of sp³-hybridized carbons (Fsp3) is 0.382. The Balaban J connectivity index is 1.17. The van der Waals surface area contributed by atoms with Crippen LogP contribution < -0.4 is 4.90 Å². The predicted molar refractivity (Wildman–Crippen MR) is 169 cm³/mol. The second kappa shape index (κ2) is 15.0. The van der Waals surface area contributed by atoms with Crippen LogP contribution in [-0.4, -0.2) is 60.4 Å². The van der Waals surface area contributed by atoms with Crippen LogP contribution in [0, 0.1) is 17.7 Å². The van der Waals surface area contributed by atoms with Crippen molar-refractivity contribution in [3.05, 3.63) is 99.8 Å². The molecule has 44 heavy (non-hydrogen) atoms. The van der Waals surface area contributed by atoms with Crippen molar-refractivity contribution in [1.82, 2.24) is 9.80 Å². The van der Waals surface area contributed by atoms with E-state index in [0.29, 0.717) is 34.6 Å². The summed E-state index contributed by atoms with van der Waals surface area (Å²) in [5.41, 5.74) is 2.52. The SMILES string of the molecule is O=C(OCc1ccccc1)N1CCC(C(=O)N(CCCN2CCC(Cc3ccc(F)cc3)CC2)c2ccc(Cl)c(Cl)c2)C1=O. The first kappa shape index (κ1) is 31.9. The molecular weight excluding hydrogens is 604 g/mol. The van der Waals surface area contributed by atoms with E-state index in [4.69, 9.17) is 27.9 Å². The van der Waals surface area contributed by atoms with E-state index in [9.17, 15) is 18.8 Å². The topological polar surface area (TPSA) is 70.2 Å². The van der Waals surface area contributed by atoms with Crippen LogP contribution in [0.5, 0.6) is 0 Å². The van der Waals surface area contributed by atoms with Gasteiger partial charge in [0.05, 0.1) is 10.0 Å². The Morgan fingerprint density at radius 1 is 0.886 bits per heavy atom. The molecule has 0 bridgehead atoms. The summed E-state index contributed by atoms with van der Waals surface area (Å²) in [5, 5.41) is 0.685. The minimum atomic E-state index is -0.990. The zero-order valence-corrected chi connectivity index (χ0v) is 26.0. The predicted octanol–water partition coefficient (Wildman–Crippen LogP) is 7.00. The first-order valence-corrected chi connectivity index (χ1v) is 15.8. The number of carbonyl (C=O) groups is 3. The summed E-state index contributed by atoms with van der Waals surface area (Å²) < 4.78 is 18.6. The monoisotopic (exact) mass is 639 g/mol. The Hall–Kier alpha value is -3.46. The maximum Gasteiger partial charge on any atom is 0.416 e. The third-order valence-electron chi connectivity index (χ3n) is 8.41. The van der Waals surface area contributed by atoms with E-state index in [-0.39, 0.29) is 31.3 Å². The third-order valence-corrected chi connectivity index (χ3v) is 9.15. The Labute approximate surface area is 267 Å². The van der Waals surface area contributed by atoms with Crippen molar-refractivity contribution in [1.29, 1.82) is 0 Å². The number of amides is 3. The van der Waals surface area contributed by atoms with Gasteiger partial charge in [-0.15, -0.1) is 0 Å². The molecule has 2 saturated heterocycles. The number of imide groups is 1. The van der Waals surface area contributed by atoms with Crippen LogP contribution in [0.1, 0.15) is 36.8 Å². The molecule has 5 rings (SSSR count). The van der Waals surface area contributed by atoms with Gasteiger partial charge in [-0.05, 0) is 99.1 Å². The average molecular weight is 641 g/mol. The first-order chi connectivity index (χ1) is 21.3. The number of likely N-dealkylation sites (tertiary alicyclic amines) is 2. The van der Waals surface area contributed by atoms with Crippen LogP contribution in [0.4, 0.5) is 14.9 Å². The van der Waals surface area contributed by atoms with Crippen LogP contribution in [0.3, 0.4) is 0 Å². The molecule has 10 heteroatoms. The highest BCUT2D eigenvalue weighted by molar-refractivity contribution is 6.42. The Bertz CT molecular complexity index is 1450. The number of nitrogens with zero attached hydrogens (tertiary/aromatic N) is 3. The molecule has 1 atom stereocenters. The molecule has 0 aliphatic carbocycles. The van der Waals surface area contributed by atoms with Gasteiger partial charge < -0.3 is 14.5 Å². The standard InChI is InChI=1S/C34H36Cl2FN3O4/c35-30-12-11-28(22-31(30)36)39(17-4-16-38-18-13-25(14-19-38)21-24-7-9-27(37)10-8-24)32(41)29-15-20-40(33(29)42)34(43)44-23-26-5-2-1-3-6-26/h1-3,5-12,22,25,29H,4,13-21,23H2. The number of carbonyl (C=O) groups excluding carboxylic acids is 3. The average Bonchev–Trinajstić information content (AvgIpc) is 3.43. The normalized spacial score (nSPS) is 17.6. The lowest BCUT2D eigenvalue weighted by Gasteiger charge is -2.33. The zero-order chi connectivity index (χ0) is 31.1. The molecule has 0 radical (unpaired) electrons. The molecule has 0 spiro atoms. The molecule has 0 aromatic heterocycles. The van der Waals surface area contributed by atoms with Crippen molar-refractivity contribution >= 4 is 46.8 Å². The molecule has 2 fully saturated rings. The van der Waals surface area contributed by atoms with Gasteiger partial charge >= 0.3 is 6.09 Å². The molecule has 0 N–H and O–H groups in total. The number of ether oxygens (including phenoxy) is 1. The maximum atomic E-state index is 13.8. The molecule has 3 aromatic carbocycles. The van der Waals surface area contributed by atoms with Gasteiger partial charge in [0.1, 0.15) is 18.3 Å². The fourth-order valence-electron chi connectivity index (χ4n) is 5.92. The molecule has 0 saturated carbocycles. The van der Waals surface area contributed by atoms with Crippen molar-refractivity contribution in [2.24, 2.45) is 11.8 Å². The Morgan fingerprint density at radius 3 is 2.32 bits per heavy atom. The Morgan fingerprint density at radius 2 is 1.61 bits per heavy atom. The molecule has 1 unspecified atom stereocenters. The van der Waals surface area contributed by atoms with Crippen LogP contribution in [0.25, 0.3) is 0 Å². The van der Waals surface area contributed by atoms with Crippen LogP contribution in [-0.2, 0) is 27.4 Å². The summed E-state index contributed by atoms with van der Waals surface area (Å²) >= 11 is 12.5. The second-order valence-corrected chi connectivity index (χ2v) is 12.2. The van der Waals surface area contributed by atoms with Crippen molar-refractivity contribution in [2.45, 2.75) is 38.7 Å². The lowest BCUT2D eigenvalue weighted by atomic mass is 9.90. The smallest absolute Gasteiger partial charge is 0.416 e. The quantitative estimate of drug-likeness (QED) is 0.224. The lowest BCUT2D eigenvalue weighted by Crippen LogP contribution is -2.43. The molecule has 232 valence electrons. The van der Waals surface area contributed by atoms with E-state index in [1.165, 1.54) is 12.1 Å². The summed E-state index contributed by atoms with van der Waals surface area (Å²) in [5.74, 6) is -1.57. The molecule has 2 heterocycles. The number of piperidine rings is 1. The van der Waals surface area contributed by atoms with Gasteiger partial charge in [-0.25, -0.2) is 14.1 Å². The number of halogens is 3. The van der Waals surface area contributed by atoms with Gasteiger partial charge in [0.25, 0.3) is 0 Å². The number of rotatable bonds is 10. The van der Waals surface area contributed by atoms with Crippen molar-refractivity contribution in [3.63, 3.8) is 0 Å². The lowest BCUT2D eigenvalue weighted by molar-refractivity contribution is -0.135. The van der Waals surface area contributed by atoms with Gasteiger partial charge in [-0.3, -0.25) is 9.59 Å². The minimum absolute atomic E-state index is 0.0426. The van der Waals surface area contributed by atoms with E-state index in [2.05, 4.69) is 4.90 Å². The van der Waals surface area contributed by atoms with E-state index >= 15 is 0 Å². The third kappa shape index (κ3) is 8.17. The summed E-state index contributed by atoms with van der Waals surface area (Å²) in [6, 6.07) is 20.9. The van der Waals surface area contributed by atoms with Crippen LogP contribution in [0.2, 0.25) is 10.0 Å². The fourth-order valence-corrected chi connectivity index (χ4v) is 6.21. The van der Waals surface area contributed by atoms with Crippen molar-refractivity contribution < 1.29 is 23.5 Å². The number of hydrogen-bond donors (Lipinski definition) is 0. The van der Waals surface area contributed by atoms with E-state index < -0.39 is 17.9 Å². The highest BCUT2D eigenvalue weighted by Gasteiger charge is 2.43. The van der Waals surface area contributed by atoms with Gasteiger partial charge in [0.15, 0.2) is 0 Å². The van der Waals surface area contributed by atoms with E-state index in [0.717, 1.165) is 54.9 Å². The minimum Gasteiger partial charge on any atom is -0.444 e. The van der Waals surface area contributed by atoms with Crippen LogP contribution >= 0.6 is 23.2 Å². The largest absolute Gasteiger partial charge is 0.444 e. The highest BCUT2D eigenvalue weighted by atomic mass is 35.5. The van der Waals surface area contributed by atoms with Crippen molar-refractivity contribution in [3.8, 4) is 0 Å². The number of hydrogen-bond acceptors (Lipinski definition) is 5. The van der Waals surface area contributed by atoms with E-state index in [1.807, 2.05) is 42.5 Å². The summed E-state index contributed by atoms with van der Waals surface area (Å²) in [7, 11) is 0. The summed E-state index contributed by atoms with van der Waals surface area (Å²) in [6.07, 6.45) is 3.22. The molecule has 3 aromatic rings. The van der Waals surface area contributed by atoms with Gasteiger partial charge in [-0.1, -0.05) is 65.7 Å². The van der Waals surface area contributed by atoms with Gasteiger partial charge in [0.2, 0.25) is 11.8 Å². The summed E-state index contributed by atoms with van der Waals surface area (Å²) in [4.78, 5) is 44.8. The van der Waals surface area contributed by atoms with Gasteiger partial charge in [-0.2, -0.15) is 0 Å². The maximum absolute atomic E-state index is 13.8. The molecule has 3 amide bonds. The molecule has 2 aliphatic heterocycles. The molecular formula is C34H36Cl2FN3O4. The summed E-state index contributed by atoms with van der Waals surface area (Å²) in [6.45, 7) is 3.24. The first-order valence-electron chi connectivity index (χ1n) is 15.0. The number of anilines is 1.